The molecule has 2 aromatic carbocycles. The van der Waals surface area contributed by atoms with Crippen molar-refractivity contribution < 1.29 is 19.4 Å². The van der Waals surface area contributed by atoms with Crippen molar-refractivity contribution in [3.05, 3.63) is 97.0 Å². The molecule has 1 aliphatic heterocycles. The number of nitrogens with zero attached hydrogens (tertiary/aromatic N) is 6. The predicted molar refractivity (Wildman–Crippen MR) is 144 cm³/mol. The standard InChI is InChI=1S/C27H28N6O4S/c34-25(35)17-31(27-29-26(30-38-27)32-15-12-28-19-32)13-7-14-33(22-10-5-2-6-11-22)23(24-18-36-20-37-24)16-21-8-3-1-4-9-21/h1-6,8-12,15,18-19,23H,7,13-14,16-17,20H2,(H,34,35). The Kier molecular flexibility index (Phi) is 8.14. The van der Waals surface area contributed by atoms with Crippen LogP contribution in [0.2, 0.25) is 0 Å². The fourth-order valence-corrected chi connectivity index (χ4v) is 5.06. The van der Waals surface area contributed by atoms with Gasteiger partial charge in [-0.2, -0.15) is 9.36 Å². The first kappa shape index (κ1) is 25.3. The third-order valence-electron chi connectivity index (χ3n) is 6.12. The predicted octanol–water partition coefficient (Wildman–Crippen LogP) is 3.97. The lowest BCUT2D eigenvalue weighted by Crippen LogP contribution is -2.41. The molecule has 2 aromatic heterocycles. The van der Waals surface area contributed by atoms with E-state index < -0.39 is 5.97 Å². The molecule has 0 spiro atoms. The lowest BCUT2D eigenvalue weighted by Gasteiger charge is -2.34. The molecule has 1 N–H and O–H groups in total. The zero-order chi connectivity index (χ0) is 26.2. The molecule has 3 heterocycles. The number of benzene rings is 2. The topological polar surface area (TPSA) is 106 Å². The van der Waals surface area contributed by atoms with E-state index >= 15 is 0 Å². The van der Waals surface area contributed by atoms with Crippen LogP contribution >= 0.6 is 11.5 Å². The number of hydrogen-bond donors (Lipinski definition) is 1. The van der Waals surface area contributed by atoms with Crippen molar-refractivity contribution in [1.82, 2.24) is 18.9 Å². The van der Waals surface area contributed by atoms with Gasteiger partial charge in [0, 0.05) is 49.1 Å². The van der Waals surface area contributed by atoms with Crippen LogP contribution in [-0.4, -0.2) is 62.5 Å². The number of rotatable bonds is 13. The highest BCUT2D eigenvalue weighted by Gasteiger charge is 2.28. The third kappa shape index (κ3) is 6.30. The van der Waals surface area contributed by atoms with Gasteiger partial charge in [-0.15, -0.1) is 0 Å². The minimum atomic E-state index is -0.923. The number of ether oxygens (including phenoxy) is 2. The summed E-state index contributed by atoms with van der Waals surface area (Å²) in [5.41, 5.74) is 2.23. The number of aliphatic carboxylic acids is 1. The van der Waals surface area contributed by atoms with Crippen LogP contribution in [0, 0.1) is 0 Å². The van der Waals surface area contributed by atoms with Crippen molar-refractivity contribution in [2.75, 3.05) is 36.2 Å². The van der Waals surface area contributed by atoms with Gasteiger partial charge in [0.05, 0.1) is 6.04 Å². The SMILES string of the molecule is O=C(O)CN(CCCN(c1ccccc1)C(Cc1ccccc1)C1=COCO1)c1nc(-n2ccnc2)ns1. The van der Waals surface area contributed by atoms with E-state index in [1.165, 1.54) is 17.1 Å². The number of aromatic nitrogens is 4. The molecule has 38 heavy (non-hydrogen) atoms. The molecule has 196 valence electrons. The van der Waals surface area contributed by atoms with Crippen LogP contribution in [0.25, 0.3) is 5.95 Å². The Morgan fingerprint density at radius 1 is 1.11 bits per heavy atom. The van der Waals surface area contributed by atoms with E-state index in [0.717, 1.165) is 17.9 Å². The lowest BCUT2D eigenvalue weighted by atomic mass is 10.0. The normalized spacial score (nSPS) is 13.3. The van der Waals surface area contributed by atoms with Crippen LogP contribution in [0.1, 0.15) is 12.0 Å². The number of hydrogen-bond acceptors (Lipinski definition) is 9. The van der Waals surface area contributed by atoms with Gasteiger partial charge in [0.2, 0.25) is 17.9 Å². The number of anilines is 2. The van der Waals surface area contributed by atoms with Crippen LogP contribution in [0.4, 0.5) is 10.8 Å². The second kappa shape index (κ2) is 12.2. The fraction of sp³-hybridized carbons (Fsp3) is 0.259. The van der Waals surface area contributed by atoms with Crippen LogP contribution in [-0.2, 0) is 20.7 Å². The minimum Gasteiger partial charge on any atom is -0.480 e. The van der Waals surface area contributed by atoms with Gasteiger partial charge in [-0.25, -0.2) is 4.98 Å². The Morgan fingerprint density at radius 2 is 1.89 bits per heavy atom. The summed E-state index contributed by atoms with van der Waals surface area (Å²) in [6, 6.07) is 20.3. The Hall–Kier alpha value is -4.38. The molecule has 1 aliphatic rings. The van der Waals surface area contributed by atoms with E-state index in [4.69, 9.17) is 9.47 Å². The van der Waals surface area contributed by atoms with Crippen molar-refractivity contribution in [2.45, 2.75) is 18.9 Å². The molecule has 0 saturated heterocycles. The van der Waals surface area contributed by atoms with Crippen molar-refractivity contribution in [3.63, 3.8) is 0 Å². The maximum atomic E-state index is 11.7. The number of carbonyl (C=O) groups is 1. The molecule has 0 radical (unpaired) electrons. The highest BCUT2D eigenvalue weighted by atomic mass is 32.1. The summed E-state index contributed by atoms with van der Waals surface area (Å²) in [5.74, 6) is 0.319. The van der Waals surface area contributed by atoms with Gasteiger partial charge < -0.3 is 24.4 Å². The maximum Gasteiger partial charge on any atom is 0.323 e. The van der Waals surface area contributed by atoms with Gasteiger partial charge in [0.15, 0.2) is 5.76 Å². The molecule has 10 nitrogen and oxygen atoms in total. The van der Waals surface area contributed by atoms with Gasteiger partial charge in [0.1, 0.15) is 19.1 Å². The molecule has 5 rings (SSSR count). The molecule has 11 heteroatoms. The number of para-hydroxylation sites is 1. The monoisotopic (exact) mass is 532 g/mol. The minimum absolute atomic E-state index is 0.0930. The van der Waals surface area contributed by atoms with E-state index in [1.807, 2.05) is 36.4 Å². The summed E-state index contributed by atoms with van der Waals surface area (Å²) in [4.78, 5) is 24.3. The molecule has 0 saturated carbocycles. The van der Waals surface area contributed by atoms with Gasteiger partial charge in [-0.05, 0) is 24.1 Å². The highest BCUT2D eigenvalue weighted by molar-refractivity contribution is 7.09. The Balaban J connectivity index is 1.36. The van der Waals surface area contributed by atoms with Crippen molar-refractivity contribution in [3.8, 4) is 5.95 Å². The fourth-order valence-electron chi connectivity index (χ4n) is 4.37. The second-order valence-electron chi connectivity index (χ2n) is 8.70. The average Bonchev–Trinajstić information content (AvgIpc) is 3.73. The molecule has 0 fully saturated rings. The summed E-state index contributed by atoms with van der Waals surface area (Å²) >= 11 is 1.18. The van der Waals surface area contributed by atoms with E-state index in [0.29, 0.717) is 30.6 Å². The first-order valence-corrected chi connectivity index (χ1v) is 13.0. The molecular weight excluding hydrogens is 504 g/mol. The second-order valence-corrected chi connectivity index (χ2v) is 9.43. The molecule has 0 bridgehead atoms. The maximum absolute atomic E-state index is 11.7. The summed E-state index contributed by atoms with van der Waals surface area (Å²) in [6.45, 7) is 1.18. The zero-order valence-corrected chi connectivity index (χ0v) is 21.5. The van der Waals surface area contributed by atoms with Crippen molar-refractivity contribution >= 4 is 28.3 Å². The smallest absolute Gasteiger partial charge is 0.323 e. The Labute approximate surface area is 224 Å². The quantitative estimate of drug-likeness (QED) is 0.274. The summed E-state index contributed by atoms with van der Waals surface area (Å²) < 4.78 is 17.4. The highest BCUT2D eigenvalue weighted by Crippen LogP contribution is 2.27. The first-order chi connectivity index (χ1) is 18.7. The first-order valence-electron chi connectivity index (χ1n) is 12.3. The van der Waals surface area contributed by atoms with Gasteiger partial charge in [0.25, 0.3) is 0 Å². The number of carboxylic acid groups (broad SMARTS) is 1. The Morgan fingerprint density at radius 3 is 2.58 bits per heavy atom. The Bertz CT molecular complexity index is 1330. The van der Waals surface area contributed by atoms with Crippen LogP contribution in [0.15, 0.2) is 91.4 Å². The lowest BCUT2D eigenvalue weighted by molar-refractivity contribution is -0.135. The third-order valence-corrected chi connectivity index (χ3v) is 6.89. The van der Waals surface area contributed by atoms with Gasteiger partial charge in [-0.1, -0.05) is 48.5 Å². The average molecular weight is 533 g/mol. The van der Waals surface area contributed by atoms with Gasteiger partial charge in [-0.3, -0.25) is 9.36 Å². The van der Waals surface area contributed by atoms with E-state index in [-0.39, 0.29) is 19.4 Å². The molecule has 4 aromatic rings. The van der Waals surface area contributed by atoms with Crippen LogP contribution < -0.4 is 9.80 Å². The molecule has 1 atom stereocenters. The summed E-state index contributed by atoms with van der Waals surface area (Å²) in [5, 5.41) is 10.1. The van der Waals surface area contributed by atoms with Crippen LogP contribution in [0.5, 0.6) is 0 Å². The molecular formula is C27H28N6O4S. The molecule has 0 amide bonds. The molecule has 1 unspecified atom stereocenters. The van der Waals surface area contributed by atoms with Crippen LogP contribution in [0.3, 0.4) is 0 Å². The summed E-state index contributed by atoms with van der Waals surface area (Å²) in [6.07, 6.45) is 8.12. The number of carboxylic acids is 1. The number of imidazole rings is 1. The zero-order valence-electron chi connectivity index (χ0n) is 20.7. The van der Waals surface area contributed by atoms with E-state index in [2.05, 4.69) is 43.5 Å². The van der Waals surface area contributed by atoms with Gasteiger partial charge >= 0.3 is 5.97 Å². The largest absolute Gasteiger partial charge is 0.480 e. The summed E-state index contributed by atoms with van der Waals surface area (Å²) in [7, 11) is 0. The molecule has 0 aliphatic carbocycles. The van der Waals surface area contributed by atoms with E-state index in [9.17, 15) is 9.90 Å². The van der Waals surface area contributed by atoms with Crippen molar-refractivity contribution in [2.24, 2.45) is 0 Å². The van der Waals surface area contributed by atoms with Crippen molar-refractivity contribution in [1.29, 1.82) is 0 Å². The van der Waals surface area contributed by atoms with E-state index in [1.54, 1.807) is 34.5 Å².